The number of hydrogen-bond donors (Lipinski definition) is 1. The molecule has 0 radical (unpaired) electrons. The highest BCUT2D eigenvalue weighted by molar-refractivity contribution is 6.30. The molecular weight excluding hydrogens is 396 g/mol. The van der Waals surface area contributed by atoms with E-state index in [0.717, 1.165) is 28.1 Å². The summed E-state index contributed by atoms with van der Waals surface area (Å²) in [5.74, 6) is -0.436. The maximum atomic E-state index is 13.2. The Morgan fingerprint density at radius 2 is 1.57 bits per heavy atom. The molecule has 30 heavy (non-hydrogen) atoms. The molecule has 0 unspecified atom stereocenters. The number of carbonyl (C=O) groups is 1. The van der Waals surface area contributed by atoms with Gasteiger partial charge in [-0.2, -0.15) is 10.4 Å². The van der Waals surface area contributed by atoms with Gasteiger partial charge in [-0.3, -0.25) is 4.79 Å². The number of benzene rings is 3. The van der Waals surface area contributed by atoms with E-state index in [9.17, 15) is 10.1 Å². The minimum absolute atomic E-state index is 0.0646. The second-order valence-corrected chi connectivity index (χ2v) is 7.50. The van der Waals surface area contributed by atoms with Crippen LogP contribution < -0.4 is 5.32 Å². The summed E-state index contributed by atoms with van der Waals surface area (Å²) in [4.78, 5) is 13.2. The third-order valence-electron chi connectivity index (χ3n) is 5.37. The number of fused-ring (bicyclic) bond motifs is 4. The van der Waals surface area contributed by atoms with Crippen molar-refractivity contribution in [2.24, 2.45) is 5.10 Å². The van der Waals surface area contributed by atoms with Crippen molar-refractivity contribution in [1.82, 2.24) is 5.01 Å². The van der Waals surface area contributed by atoms with Gasteiger partial charge in [-0.15, -0.1) is 0 Å². The smallest absolute Gasteiger partial charge is 0.285 e. The summed E-state index contributed by atoms with van der Waals surface area (Å²) < 4.78 is 0. The summed E-state index contributed by atoms with van der Waals surface area (Å²) in [5.41, 5.74) is 3.30. The summed E-state index contributed by atoms with van der Waals surface area (Å²) in [6, 6.07) is 24.7. The topological polar surface area (TPSA) is 68.5 Å². The molecule has 2 heterocycles. The van der Waals surface area contributed by atoms with Crippen LogP contribution in [0.1, 0.15) is 16.7 Å². The first kappa shape index (κ1) is 18.2. The Bertz CT molecular complexity index is 1230. The lowest BCUT2D eigenvalue weighted by Gasteiger charge is -2.41. The van der Waals surface area contributed by atoms with Gasteiger partial charge in [0.05, 0.1) is 6.21 Å². The maximum Gasteiger partial charge on any atom is 0.285 e. The van der Waals surface area contributed by atoms with Gasteiger partial charge in [-0.25, -0.2) is 5.01 Å². The number of anilines is 2. The summed E-state index contributed by atoms with van der Waals surface area (Å²) in [6.45, 7) is 0. The quantitative estimate of drug-likeness (QED) is 0.606. The Balaban J connectivity index is 1.74. The third-order valence-corrected chi connectivity index (χ3v) is 5.62. The molecule has 144 valence electrons. The predicted molar refractivity (Wildman–Crippen MR) is 117 cm³/mol. The van der Waals surface area contributed by atoms with Crippen LogP contribution in [0.5, 0.6) is 0 Å². The molecule has 0 saturated carbocycles. The Kier molecular flexibility index (Phi) is 4.16. The fourth-order valence-electron chi connectivity index (χ4n) is 4.03. The zero-order valence-corrected chi connectivity index (χ0v) is 16.5. The lowest BCUT2D eigenvalue weighted by atomic mass is 9.78. The number of hydrazone groups is 1. The molecule has 0 fully saturated rings. The molecule has 2 aliphatic rings. The van der Waals surface area contributed by atoms with Gasteiger partial charge in [0.25, 0.3) is 5.91 Å². The number of carbonyl (C=O) groups excluding carboxylic acids is 1. The molecule has 5 nitrogen and oxygen atoms in total. The Labute approximate surface area is 178 Å². The number of nitrogens with one attached hydrogen (secondary N) is 1. The molecule has 0 bridgehead atoms. The van der Waals surface area contributed by atoms with E-state index < -0.39 is 11.4 Å². The van der Waals surface area contributed by atoms with Crippen molar-refractivity contribution >= 4 is 35.1 Å². The van der Waals surface area contributed by atoms with Crippen LogP contribution in [0.2, 0.25) is 5.02 Å². The molecule has 0 saturated heterocycles. The van der Waals surface area contributed by atoms with Crippen LogP contribution in [0, 0.1) is 11.3 Å². The zero-order valence-electron chi connectivity index (χ0n) is 15.7. The first-order valence-corrected chi connectivity index (χ1v) is 9.74. The SMILES string of the molecule is N#CC1=CC2(c3ccccc3Nc3ccccc32)N(/N=C/c2ccc(Cl)cc2)C1=O. The first-order chi connectivity index (χ1) is 14.6. The van der Waals surface area contributed by atoms with E-state index in [0.29, 0.717) is 5.02 Å². The fraction of sp³-hybridized carbons (Fsp3) is 0.0417. The van der Waals surface area contributed by atoms with E-state index in [-0.39, 0.29) is 5.57 Å². The maximum absolute atomic E-state index is 13.2. The number of para-hydroxylation sites is 2. The molecule has 0 atom stereocenters. The van der Waals surface area contributed by atoms with E-state index in [1.807, 2.05) is 66.7 Å². The average Bonchev–Trinajstić information content (AvgIpc) is 3.06. The van der Waals surface area contributed by atoms with Gasteiger partial charge in [0.15, 0.2) is 0 Å². The van der Waals surface area contributed by atoms with E-state index in [2.05, 4.69) is 10.4 Å². The average molecular weight is 411 g/mol. The van der Waals surface area contributed by atoms with E-state index >= 15 is 0 Å². The molecule has 0 aromatic heterocycles. The van der Waals surface area contributed by atoms with Crippen molar-refractivity contribution in [3.8, 4) is 6.07 Å². The molecular formula is C24H15ClN4O. The molecule has 6 heteroatoms. The number of nitriles is 1. The van der Waals surface area contributed by atoms with Crippen LogP contribution in [0.4, 0.5) is 11.4 Å². The minimum Gasteiger partial charge on any atom is -0.355 e. The minimum atomic E-state index is -1.01. The van der Waals surface area contributed by atoms with Crippen LogP contribution in [0.25, 0.3) is 0 Å². The number of rotatable bonds is 2. The molecule has 0 aliphatic carbocycles. The summed E-state index contributed by atoms with van der Waals surface area (Å²) >= 11 is 5.97. The lowest BCUT2D eigenvalue weighted by molar-refractivity contribution is -0.128. The normalized spacial score (nSPS) is 16.1. The van der Waals surface area contributed by atoms with Crippen LogP contribution in [0.3, 0.4) is 0 Å². The van der Waals surface area contributed by atoms with Crippen LogP contribution in [0.15, 0.2) is 89.5 Å². The molecule has 1 N–H and O–H groups in total. The van der Waals surface area contributed by atoms with Crippen molar-refractivity contribution in [2.75, 3.05) is 5.32 Å². The van der Waals surface area contributed by atoms with Crippen molar-refractivity contribution in [3.63, 3.8) is 0 Å². The highest BCUT2D eigenvalue weighted by Crippen LogP contribution is 2.51. The van der Waals surface area contributed by atoms with Gasteiger partial charge in [0.2, 0.25) is 0 Å². The zero-order chi connectivity index (χ0) is 20.7. The molecule has 3 aromatic rings. The predicted octanol–water partition coefficient (Wildman–Crippen LogP) is 4.97. The van der Waals surface area contributed by atoms with Crippen LogP contribution >= 0.6 is 11.6 Å². The van der Waals surface area contributed by atoms with Gasteiger partial charge in [-0.1, -0.05) is 60.1 Å². The first-order valence-electron chi connectivity index (χ1n) is 9.36. The summed E-state index contributed by atoms with van der Waals surface area (Å²) in [7, 11) is 0. The van der Waals surface area contributed by atoms with Gasteiger partial charge in [0.1, 0.15) is 17.2 Å². The number of hydrogen-bond acceptors (Lipinski definition) is 4. The second kappa shape index (κ2) is 6.87. The highest BCUT2D eigenvalue weighted by atomic mass is 35.5. The van der Waals surface area contributed by atoms with Crippen LogP contribution in [-0.2, 0) is 10.3 Å². The van der Waals surface area contributed by atoms with Crippen molar-refractivity contribution in [2.45, 2.75) is 5.54 Å². The van der Waals surface area contributed by atoms with Gasteiger partial charge >= 0.3 is 0 Å². The Morgan fingerprint density at radius 1 is 0.967 bits per heavy atom. The monoisotopic (exact) mass is 410 g/mol. The molecule has 1 amide bonds. The van der Waals surface area contributed by atoms with Gasteiger partial charge < -0.3 is 5.32 Å². The third kappa shape index (κ3) is 2.62. The van der Waals surface area contributed by atoms with E-state index in [4.69, 9.17) is 11.6 Å². The lowest BCUT2D eigenvalue weighted by Crippen LogP contribution is -2.44. The van der Waals surface area contributed by atoms with Crippen molar-refractivity contribution in [3.05, 3.63) is 106 Å². The molecule has 3 aromatic carbocycles. The van der Waals surface area contributed by atoms with Gasteiger partial charge in [0, 0.05) is 27.5 Å². The van der Waals surface area contributed by atoms with Crippen LogP contribution in [-0.4, -0.2) is 17.1 Å². The largest absolute Gasteiger partial charge is 0.355 e. The Morgan fingerprint density at radius 3 is 2.17 bits per heavy atom. The van der Waals surface area contributed by atoms with Crippen molar-refractivity contribution < 1.29 is 4.79 Å². The molecule has 5 rings (SSSR count). The van der Waals surface area contributed by atoms with Crippen molar-refractivity contribution in [1.29, 1.82) is 5.26 Å². The molecule has 2 aliphatic heterocycles. The summed E-state index contributed by atoms with van der Waals surface area (Å²) in [6.07, 6.45) is 3.32. The summed E-state index contributed by atoms with van der Waals surface area (Å²) in [5, 5.41) is 19.6. The van der Waals surface area contributed by atoms with E-state index in [1.54, 1.807) is 24.4 Å². The standard InChI is InChI=1S/C24H15ClN4O/c25-18-11-9-16(10-12-18)15-27-29-23(30)17(14-26)13-24(29)19-5-1-3-7-21(19)28-22-8-4-2-6-20(22)24/h1-13,15,28H/b27-15+. The van der Waals surface area contributed by atoms with E-state index in [1.165, 1.54) is 5.01 Å². The number of nitrogens with zero attached hydrogens (tertiary/aromatic N) is 3. The molecule has 1 spiro atoms. The Hall–Kier alpha value is -3.88. The second-order valence-electron chi connectivity index (χ2n) is 7.07. The van der Waals surface area contributed by atoms with Gasteiger partial charge in [-0.05, 0) is 35.9 Å². The fourth-order valence-corrected chi connectivity index (χ4v) is 4.15. The number of halogens is 1. The number of amides is 1. The highest BCUT2D eigenvalue weighted by Gasteiger charge is 2.52.